The fraction of sp³-hybridized carbons (Fsp3) is 0.273. The van der Waals surface area contributed by atoms with Crippen LogP contribution in [-0.4, -0.2) is 5.33 Å². The maximum Gasteiger partial charge on any atom is 0.0283 e. The Labute approximate surface area is 82.4 Å². The maximum absolute atomic E-state index is 4.00. The number of alkyl halides is 1. The fourth-order valence-corrected chi connectivity index (χ4v) is 1.51. The van der Waals surface area contributed by atoms with Crippen molar-refractivity contribution in [2.45, 2.75) is 13.8 Å². The predicted octanol–water partition coefficient (Wildman–Crippen LogP) is 3.71. The zero-order valence-corrected chi connectivity index (χ0v) is 9.11. The third-order valence-corrected chi connectivity index (χ3v) is 2.82. The van der Waals surface area contributed by atoms with Gasteiger partial charge in [0.05, 0.1) is 0 Å². The van der Waals surface area contributed by atoms with Gasteiger partial charge in [-0.15, -0.1) is 0 Å². The highest BCUT2D eigenvalue weighted by Crippen LogP contribution is 2.21. The smallest absolute Gasteiger partial charge is 0.0283 e. The van der Waals surface area contributed by atoms with Crippen LogP contribution in [0.15, 0.2) is 24.8 Å². The minimum Gasteiger partial charge on any atom is -0.0944 e. The molecule has 0 saturated carbocycles. The second-order valence-corrected chi connectivity index (χ2v) is 3.55. The summed E-state index contributed by atoms with van der Waals surface area (Å²) < 4.78 is 0. The number of hydrogen-bond donors (Lipinski definition) is 0. The first-order valence-corrected chi connectivity index (χ1v) is 5.09. The van der Waals surface area contributed by atoms with Gasteiger partial charge in [0.25, 0.3) is 0 Å². The van der Waals surface area contributed by atoms with Gasteiger partial charge in [-0.05, 0) is 36.1 Å². The van der Waals surface area contributed by atoms with E-state index in [1.165, 1.54) is 16.7 Å². The van der Waals surface area contributed by atoms with Gasteiger partial charge in [-0.1, -0.05) is 40.7 Å². The number of allylic oxidation sites excluding steroid dienone is 1. The van der Waals surface area contributed by atoms with Crippen molar-refractivity contribution >= 4 is 21.5 Å². The summed E-state index contributed by atoms with van der Waals surface area (Å²) in [6.45, 7) is 8.26. The quantitative estimate of drug-likeness (QED) is 0.673. The summed E-state index contributed by atoms with van der Waals surface area (Å²) in [4.78, 5) is 0. The molecule has 0 nitrogen and oxygen atoms in total. The van der Waals surface area contributed by atoms with Gasteiger partial charge in [-0.3, -0.25) is 0 Å². The number of aryl methyl sites for hydroxylation is 1. The van der Waals surface area contributed by atoms with E-state index < -0.39 is 0 Å². The Morgan fingerprint density at radius 3 is 2.67 bits per heavy atom. The molecular formula is C11H13Br. The van der Waals surface area contributed by atoms with Gasteiger partial charge in [-0.25, -0.2) is 0 Å². The van der Waals surface area contributed by atoms with Gasteiger partial charge in [0.2, 0.25) is 0 Å². The Balaban J connectivity index is 3.16. The fourth-order valence-electron chi connectivity index (χ4n) is 1.21. The molecule has 0 radical (unpaired) electrons. The van der Waals surface area contributed by atoms with Crippen molar-refractivity contribution in [3.63, 3.8) is 0 Å². The molecule has 0 N–H and O–H groups in total. The molecule has 64 valence electrons. The summed E-state index contributed by atoms with van der Waals surface area (Å²) in [6, 6.07) is 6.32. The van der Waals surface area contributed by atoms with Crippen molar-refractivity contribution in [3.05, 3.63) is 41.5 Å². The predicted molar refractivity (Wildman–Crippen MR) is 58.7 cm³/mol. The average Bonchev–Trinajstić information content (AvgIpc) is 2.08. The van der Waals surface area contributed by atoms with Gasteiger partial charge < -0.3 is 0 Å². The third-order valence-electron chi connectivity index (χ3n) is 2.15. The van der Waals surface area contributed by atoms with Gasteiger partial charge in [0.1, 0.15) is 0 Å². The highest BCUT2D eigenvalue weighted by Gasteiger charge is 2.02. The number of hydrogen-bond acceptors (Lipinski definition) is 0. The second kappa shape index (κ2) is 3.90. The highest BCUT2D eigenvalue weighted by atomic mass is 79.9. The molecule has 0 aromatic heterocycles. The van der Waals surface area contributed by atoms with Gasteiger partial charge >= 0.3 is 0 Å². The molecular weight excluding hydrogens is 212 g/mol. The van der Waals surface area contributed by atoms with E-state index in [0.717, 1.165) is 10.9 Å². The Bertz CT molecular complexity index is 300. The van der Waals surface area contributed by atoms with E-state index in [1.807, 2.05) is 0 Å². The van der Waals surface area contributed by atoms with E-state index in [4.69, 9.17) is 0 Å². The molecule has 0 fully saturated rings. The Kier molecular flexibility index (Phi) is 3.10. The van der Waals surface area contributed by atoms with Crippen LogP contribution in [-0.2, 0) is 0 Å². The summed E-state index contributed by atoms with van der Waals surface area (Å²) in [5, 5.41) is 0.845. The van der Waals surface area contributed by atoms with Crippen molar-refractivity contribution < 1.29 is 0 Å². The van der Waals surface area contributed by atoms with Crippen LogP contribution in [0.4, 0.5) is 0 Å². The lowest BCUT2D eigenvalue weighted by atomic mass is 9.99. The van der Waals surface area contributed by atoms with Crippen molar-refractivity contribution in [2.75, 3.05) is 5.33 Å². The summed E-state index contributed by atoms with van der Waals surface area (Å²) in [5.41, 5.74) is 5.08. The van der Waals surface area contributed by atoms with E-state index in [1.54, 1.807) is 0 Å². The lowest BCUT2D eigenvalue weighted by molar-refractivity contribution is 1.31. The molecule has 0 atom stereocenters. The van der Waals surface area contributed by atoms with Crippen molar-refractivity contribution in [3.8, 4) is 0 Å². The monoisotopic (exact) mass is 224 g/mol. The first-order valence-electron chi connectivity index (χ1n) is 3.97. The van der Waals surface area contributed by atoms with Crippen LogP contribution in [0.25, 0.3) is 5.57 Å². The van der Waals surface area contributed by atoms with Crippen molar-refractivity contribution in [1.29, 1.82) is 0 Å². The zero-order valence-electron chi connectivity index (χ0n) is 7.52. The van der Waals surface area contributed by atoms with E-state index in [2.05, 4.69) is 54.6 Å². The summed E-state index contributed by atoms with van der Waals surface area (Å²) in [5.74, 6) is 0. The molecule has 1 aromatic carbocycles. The van der Waals surface area contributed by atoms with Crippen molar-refractivity contribution in [1.82, 2.24) is 0 Å². The topological polar surface area (TPSA) is 0 Å². The lowest BCUT2D eigenvalue weighted by Gasteiger charge is -2.08. The summed E-state index contributed by atoms with van der Waals surface area (Å²) >= 11 is 3.41. The van der Waals surface area contributed by atoms with Crippen LogP contribution >= 0.6 is 15.9 Å². The van der Waals surface area contributed by atoms with E-state index >= 15 is 0 Å². The average molecular weight is 225 g/mol. The molecule has 0 unspecified atom stereocenters. The van der Waals surface area contributed by atoms with E-state index in [-0.39, 0.29) is 0 Å². The minimum absolute atomic E-state index is 0.845. The Hall–Kier alpha value is -0.560. The van der Waals surface area contributed by atoms with Crippen LogP contribution in [0.2, 0.25) is 0 Å². The largest absolute Gasteiger partial charge is 0.0944 e. The Morgan fingerprint density at radius 2 is 2.08 bits per heavy atom. The van der Waals surface area contributed by atoms with Crippen LogP contribution in [0, 0.1) is 13.8 Å². The number of rotatable bonds is 2. The normalized spacial score (nSPS) is 9.92. The van der Waals surface area contributed by atoms with Gasteiger partial charge in [-0.2, -0.15) is 0 Å². The van der Waals surface area contributed by atoms with E-state index in [0.29, 0.717) is 0 Å². The number of halogens is 1. The first kappa shape index (κ1) is 9.53. The summed E-state index contributed by atoms with van der Waals surface area (Å²) in [6.07, 6.45) is 0. The molecule has 1 rings (SSSR count). The van der Waals surface area contributed by atoms with Gasteiger partial charge in [0, 0.05) is 5.33 Å². The maximum atomic E-state index is 4.00. The molecule has 0 aliphatic heterocycles. The molecule has 0 saturated heterocycles. The molecule has 0 aliphatic rings. The van der Waals surface area contributed by atoms with E-state index in [9.17, 15) is 0 Å². The third kappa shape index (κ3) is 1.78. The van der Waals surface area contributed by atoms with Crippen LogP contribution in [0.3, 0.4) is 0 Å². The van der Waals surface area contributed by atoms with Crippen LogP contribution in [0.1, 0.15) is 16.7 Å². The van der Waals surface area contributed by atoms with Gasteiger partial charge in [0.15, 0.2) is 0 Å². The molecule has 1 heteroatoms. The molecule has 0 spiro atoms. The Morgan fingerprint density at radius 1 is 1.42 bits per heavy atom. The molecule has 0 amide bonds. The molecule has 0 bridgehead atoms. The number of benzene rings is 1. The molecule has 12 heavy (non-hydrogen) atoms. The first-order chi connectivity index (χ1) is 5.66. The summed E-state index contributed by atoms with van der Waals surface area (Å²) in [7, 11) is 0. The SMILES string of the molecule is C=C(CBr)c1cccc(C)c1C. The molecule has 0 heterocycles. The van der Waals surface area contributed by atoms with Crippen molar-refractivity contribution in [2.24, 2.45) is 0 Å². The zero-order chi connectivity index (χ0) is 9.14. The molecule has 1 aromatic rings. The highest BCUT2D eigenvalue weighted by molar-refractivity contribution is 9.09. The van der Waals surface area contributed by atoms with Crippen LogP contribution < -0.4 is 0 Å². The second-order valence-electron chi connectivity index (χ2n) is 2.98. The lowest BCUT2D eigenvalue weighted by Crippen LogP contribution is -1.90. The minimum atomic E-state index is 0.845. The van der Waals surface area contributed by atoms with Crippen LogP contribution in [0.5, 0.6) is 0 Å². The molecule has 0 aliphatic carbocycles. The standard InChI is InChI=1S/C11H13Br/c1-8-5-4-6-11(10(8)3)9(2)7-12/h4-6H,2,7H2,1,3H3.